The minimum absolute atomic E-state index is 0.0456. The summed E-state index contributed by atoms with van der Waals surface area (Å²) in [7, 11) is 0. The number of amides is 1. The molecule has 156 valence electrons. The number of carbonyl (C=O) groups excluding carboxylic acids is 1. The summed E-state index contributed by atoms with van der Waals surface area (Å²) >= 11 is 12.2. The van der Waals surface area contributed by atoms with Crippen LogP contribution in [0.25, 0.3) is 0 Å². The Morgan fingerprint density at radius 1 is 1.28 bits per heavy atom. The fourth-order valence-electron chi connectivity index (χ4n) is 3.27. The predicted molar refractivity (Wildman–Crippen MR) is 116 cm³/mol. The van der Waals surface area contributed by atoms with E-state index >= 15 is 0 Å². The summed E-state index contributed by atoms with van der Waals surface area (Å²) in [6, 6.07) is 7.44. The molecule has 1 saturated heterocycles. The Kier molecular flexibility index (Phi) is 6.54. The van der Waals surface area contributed by atoms with Crippen LogP contribution in [0.15, 0.2) is 30.6 Å². The van der Waals surface area contributed by atoms with Crippen molar-refractivity contribution in [3.05, 3.63) is 41.2 Å². The molecule has 1 fully saturated rings. The number of piperazine rings is 1. The minimum atomic E-state index is -0.568. The molecule has 1 aromatic heterocycles. The van der Waals surface area contributed by atoms with Crippen LogP contribution < -0.4 is 9.64 Å². The van der Waals surface area contributed by atoms with Gasteiger partial charge in [-0.2, -0.15) is 0 Å². The lowest BCUT2D eigenvalue weighted by Crippen LogP contribution is -2.57. The van der Waals surface area contributed by atoms with Gasteiger partial charge in [-0.3, -0.25) is 4.79 Å². The lowest BCUT2D eigenvalue weighted by atomic mass is 9.93. The molecule has 0 saturated carbocycles. The fourth-order valence-corrected chi connectivity index (χ4v) is 3.54. The van der Waals surface area contributed by atoms with Crippen LogP contribution >= 0.6 is 23.2 Å². The minimum Gasteiger partial charge on any atom is -0.437 e. The maximum atomic E-state index is 12.8. The van der Waals surface area contributed by atoms with E-state index in [0.29, 0.717) is 42.2 Å². The number of hydrogen-bond acceptors (Lipinski definition) is 5. The molecule has 1 aliphatic rings. The Bertz CT molecular complexity index is 891. The van der Waals surface area contributed by atoms with Gasteiger partial charge in [0.05, 0.1) is 10.4 Å². The SMILES string of the molecule is Cc1ccc(Cl)c(Oc2cc(N3CCN(C(=O)C(C)(C)CCl)C(C)C3)ncn2)c1. The normalized spacial score (nSPS) is 17.4. The van der Waals surface area contributed by atoms with Gasteiger partial charge in [0.1, 0.15) is 17.9 Å². The number of ether oxygens (including phenoxy) is 1. The highest BCUT2D eigenvalue weighted by Gasteiger charge is 2.36. The number of nitrogens with zero attached hydrogens (tertiary/aromatic N) is 4. The van der Waals surface area contributed by atoms with Gasteiger partial charge in [-0.05, 0) is 45.4 Å². The van der Waals surface area contributed by atoms with Gasteiger partial charge >= 0.3 is 0 Å². The number of carbonyl (C=O) groups is 1. The first-order valence-electron chi connectivity index (χ1n) is 9.59. The molecule has 1 amide bonds. The highest BCUT2D eigenvalue weighted by Crippen LogP contribution is 2.31. The van der Waals surface area contributed by atoms with Crippen LogP contribution in [0, 0.1) is 12.3 Å². The van der Waals surface area contributed by atoms with Crippen molar-refractivity contribution in [3.8, 4) is 11.6 Å². The van der Waals surface area contributed by atoms with E-state index in [1.807, 2.05) is 44.7 Å². The molecule has 8 heteroatoms. The third-order valence-corrected chi connectivity index (χ3v) is 6.03. The van der Waals surface area contributed by atoms with Gasteiger partial charge in [-0.15, -0.1) is 11.6 Å². The van der Waals surface area contributed by atoms with E-state index in [9.17, 15) is 4.79 Å². The first-order valence-corrected chi connectivity index (χ1v) is 10.5. The Balaban J connectivity index is 1.72. The molecule has 2 heterocycles. The molecule has 2 aromatic rings. The van der Waals surface area contributed by atoms with Crippen LogP contribution in [-0.4, -0.2) is 52.3 Å². The Hall–Kier alpha value is -2.05. The van der Waals surface area contributed by atoms with Crippen LogP contribution in [-0.2, 0) is 4.79 Å². The number of anilines is 1. The van der Waals surface area contributed by atoms with Gasteiger partial charge < -0.3 is 14.5 Å². The molecule has 1 aromatic carbocycles. The predicted octanol–water partition coefficient (Wildman–Crippen LogP) is 4.53. The highest BCUT2D eigenvalue weighted by molar-refractivity contribution is 6.32. The third-order valence-electron chi connectivity index (χ3n) is 5.05. The van der Waals surface area contributed by atoms with Gasteiger partial charge in [0, 0.05) is 37.6 Å². The monoisotopic (exact) mass is 436 g/mol. The smallest absolute Gasteiger partial charge is 0.229 e. The number of benzene rings is 1. The molecule has 1 atom stereocenters. The Morgan fingerprint density at radius 3 is 2.72 bits per heavy atom. The summed E-state index contributed by atoms with van der Waals surface area (Å²) in [5, 5.41) is 0.526. The molecule has 3 rings (SSSR count). The lowest BCUT2D eigenvalue weighted by molar-refractivity contribution is -0.141. The summed E-state index contributed by atoms with van der Waals surface area (Å²) in [6.45, 7) is 9.74. The zero-order valence-corrected chi connectivity index (χ0v) is 18.7. The van der Waals surface area contributed by atoms with E-state index in [1.54, 1.807) is 12.1 Å². The largest absolute Gasteiger partial charge is 0.437 e. The zero-order chi connectivity index (χ0) is 21.2. The molecular formula is C21H26Cl2N4O2. The first-order chi connectivity index (χ1) is 13.7. The quantitative estimate of drug-likeness (QED) is 0.644. The van der Waals surface area contributed by atoms with Crippen molar-refractivity contribution in [1.82, 2.24) is 14.9 Å². The Morgan fingerprint density at radius 2 is 2.03 bits per heavy atom. The summed E-state index contributed by atoms with van der Waals surface area (Å²) in [4.78, 5) is 25.4. The van der Waals surface area contributed by atoms with E-state index in [2.05, 4.69) is 14.9 Å². The molecule has 0 spiro atoms. The van der Waals surface area contributed by atoms with E-state index in [1.165, 1.54) is 6.33 Å². The van der Waals surface area contributed by atoms with Crippen molar-refractivity contribution in [2.24, 2.45) is 5.41 Å². The lowest BCUT2D eigenvalue weighted by Gasteiger charge is -2.43. The van der Waals surface area contributed by atoms with E-state index in [4.69, 9.17) is 27.9 Å². The van der Waals surface area contributed by atoms with E-state index in [-0.39, 0.29) is 11.9 Å². The average Bonchev–Trinajstić information content (AvgIpc) is 2.70. The Labute approximate surface area is 181 Å². The number of aryl methyl sites for hydroxylation is 1. The molecule has 0 N–H and O–H groups in total. The average molecular weight is 437 g/mol. The van der Waals surface area contributed by atoms with Gasteiger partial charge in [0.15, 0.2) is 0 Å². The maximum Gasteiger partial charge on any atom is 0.229 e. The van der Waals surface area contributed by atoms with Gasteiger partial charge in [-0.1, -0.05) is 17.7 Å². The summed E-state index contributed by atoms with van der Waals surface area (Å²) in [5.74, 6) is 2.13. The van der Waals surface area contributed by atoms with E-state index < -0.39 is 5.41 Å². The number of halogens is 2. The van der Waals surface area contributed by atoms with E-state index in [0.717, 1.165) is 11.4 Å². The topological polar surface area (TPSA) is 58.6 Å². The molecule has 0 radical (unpaired) electrons. The molecular weight excluding hydrogens is 411 g/mol. The number of hydrogen-bond donors (Lipinski definition) is 0. The summed E-state index contributed by atoms with van der Waals surface area (Å²) < 4.78 is 5.88. The molecule has 29 heavy (non-hydrogen) atoms. The summed E-state index contributed by atoms with van der Waals surface area (Å²) in [5.41, 5.74) is 0.481. The van der Waals surface area contributed by atoms with Crippen LogP contribution in [0.4, 0.5) is 5.82 Å². The van der Waals surface area contributed by atoms with Crippen molar-refractivity contribution >= 4 is 34.9 Å². The zero-order valence-electron chi connectivity index (χ0n) is 17.2. The van der Waals surface area contributed by atoms with Gasteiger partial charge in [0.25, 0.3) is 0 Å². The van der Waals surface area contributed by atoms with Crippen molar-refractivity contribution in [2.75, 3.05) is 30.4 Å². The maximum absolute atomic E-state index is 12.8. The molecule has 0 bridgehead atoms. The highest BCUT2D eigenvalue weighted by atomic mass is 35.5. The second-order valence-corrected chi connectivity index (χ2v) is 8.74. The molecule has 6 nitrogen and oxygen atoms in total. The first kappa shape index (κ1) is 21.7. The number of alkyl halides is 1. The van der Waals surface area contributed by atoms with Crippen LogP contribution in [0.5, 0.6) is 11.6 Å². The van der Waals surface area contributed by atoms with Crippen molar-refractivity contribution in [2.45, 2.75) is 33.7 Å². The van der Waals surface area contributed by atoms with Crippen molar-refractivity contribution in [3.63, 3.8) is 0 Å². The second kappa shape index (κ2) is 8.76. The molecule has 1 aliphatic heterocycles. The summed E-state index contributed by atoms with van der Waals surface area (Å²) in [6.07, 6.45) is 1.48. The van der Waals surface area contributed by atoms with Crippen molar-refractivity contribution < 1.29 is 9.53 Å². The van der Waals surface area contributed by atoms with Crippen LogP contribution in [0.3, 0.4) is 0 Å². The standard InChI is InChI=1S/C21H26Cl2N4O2/c1-14-5-6-16(23)17(9-14)29-19-10-18(24-13-25-19)26-7-8-27(15(2)11-26)20(28)21(3,4)12-22/h5-6,9-10,13,15H,7-8,11-12H2,1-4H3. The van der Waals surface area contributed by atoms with Crippen LogP contribution in [0.2, 0.25) is 5.02 Å². The van der Waals surface area contributed by atoms with Crippen LogP contribution in [0.1, 0.15) is 26.3 Å². The van der Waals surface area contributed by atoms with Gasteiger partial charge in [0.2, 0.25) is 11.8 Å². The van der Waals surface area contributed by atoms with Gasteiger partial charge in [-0.25, -0.2) is 9.97 Å². The second-order valence-electron chi connectivity index (χ2n) is 8.06. The fraction of sp³-hybridized carbons (Fsp3) is 0.476. The number of rotatable bonds is 5. The number of aromatic nitrogens is 2. The third kappa shape index (κ3) is 4.93. The molecule has 1 unspecified atom stereocenters. The molecule has 0 aliphatic carbocycles. The van der Waals surface area contributed by atoms with Crippen molar-refractivity contribution in [1.29, 1.82) is 0 Å².